The van der Waals surface area contributed by atoms with E-state index in [9.17, 15) is 9.59 Å². The van der Waals surface area contributed by atoms with Crippen LogP contribution >= 0.6 is 22.6 Å². The lowest BCUT2D eigenvalue weighted by molar-refractivity contribution is -0.122. The number of halogens is 1. The molecule has 1 aromatic carbocycles. The first-order chi connectivity index (χ1) is 14.4. The van der Waals surface area contributed by atoms with E-state index in [-0.39, 0.29) is 22.3 Å². The van der Waals surface area contributed by atoms with Gasteiger partial charge in [-0.2, -0.15) is 0 Å². The van der Waals surface area contributed by atoms with Gasteiger partial charge in [0.05, 0.1) is 6.04 Å². The third kappa shape index (κ3) is 10.4. The number of alkyl halides is 1. The van der Waals surface area contributed by atoms with Crippen LogP contribution in [0.2, 0.25) is 0 Å². The van der Waals surface area contributed by atoms with Crippen LogP contribution in [0.4, 0.5) is 0 Å². The van der Waals surface area contributed by atoms with Crippen LogP contribution in [0, 0.1) is 12.3 Å². The number of hydrogen-bond donors (Lipinski definition) is 5. The largest absolute Gasteiger partial charge is 0.355 e. The minimum Gasteiger partial charge on any atom is -0.355 e. The van der Waals surface area contributed by atoms with E-state index < -0.39 is 6.04 Å². The molecule has 0 aliphatic heterocycles. The van der Waals surface area contributed by atoms with Gasteiger partial charge in [0.1, 0.15) is 3.92 Å². The lowest BCUT2D eigenvalue weighted by atomic mass is 9.98. The minimum absolute atomic E-state index is 0.00378. The predicted octanol–water partition coefficient (Wildman–Crippen LogP) is 0.594. The van der Waals surface area contributed by atoms with Gasteiger partial charge in [0.2, 0.25) is 11.8 Å². The second kappa shape index (κ2) is 15.2. The van der Waals surface area contributed by atoms with Gasteiger partial charge in [0.25, 0.3) is 0 Å². The summed E-state index contributed by atoms with van der Waals surface area (Å²) in [4.78, 5) is 23.3. The highest BCUT2D eigenvalue weighted by molar-refractivity contribution is 14.1. The zero-order chi connectivity index (χ0) is 22.4. The van der Waals surface area contributed by atoms with Crippen molar-refractivity contribution in [2.24, 2.45) is 17.2 Å². The first-order valence-electron chi connectivity index (χ1n) is 10.4. The van der Waals surface area contributed by atoms with Crippen LogP contribution in [0.3, 0.4) is 0 Å². The van der Waals surface area contributed by atoms with E-state index in [4.69, 9.17) is 23.6 Å². The van der Waals surface area contributed by atoms with Gasteiger partial charge < -0.3 is 27.8 Å². The summed E-state index contributed by atoms with van der Waals surface area (Å²) in [6, 6.07) is 5.64. The molecule has 0 radical (unpaired) electrons. The highest BCUT2D eigenvalue weighted by Crippen LogP contribution is 2.15. The minimum atomic E-state index is -0.642. The van der Waals surface area contributed by atoms with Gasteiger partial charge in [0.15, 0.2) is 0 Å². The van der Waals surface area contributed by atoms with Gasteiger partial charge >= 0.3 is 0 Å². The summed E-state index contributed by atoms with van der Waals surface area (Å²) in [5, 5.41) is 5.71. The molecule has 2 atom stereocenters. The monoisotopic (exact) mass is 527 g/mol. The van der Waals surface area contributed by atoms with Crippen molar-refractivity contribution in [3.8, 4) is 12.3 Å². The quantitative estimate of drug-likeness (QED) is 0.105. The average molecular weight is 527 g/mol. The van der Waals surface area contributed by atoms with E-state index in [2.05, 4.69) is 22.6 Å². The molecular weight excluding hydrogens is 493 g/mol. The second-order valence-electron chi connectivity index (χ2n) is 7.22. The van der Waals surface area contributed by atoms with Crippen LogP contribution in [0.15, 0.2) is 18.2 Å². The van der Waals surface area contributed by atoms with Crippen LogP contribution < -0.4 is 27.8 Å². The number of amides is 2. The summed E-state index contributed by atoms with van der Waals surface area (Å²) >= 11 is 2.05. The van der Waals surface area contributed by atoms with Crippen molar-refractivity contribution in [2.45, 2.75) is 48.5 Å². The number of unbranched alkanes of at least 4 members (excludes halogenated alkanes) is 2. The van der Waals surface area contributed by atoms with Gasteiger partial charge in [-0.05, 0) is 61.8 Å². The Morgan fingerprint density at radius 1 is 0.933 bits per heavy atom. The molecule has 7 nitrogen and oxygen atoms in total. The van der Waals surface area contributed by atoms with Gasteiger partial charge in [-0.1, -0.05) is 34.6 Å². The Balaban J connectivity index is 2.39. The molecule has 8 heteroatoms. The third-order valence-corrected chi connectivity index (χ3v) is 5.76. The third-order valence-electron chi connectivity index (χ3n) is 4.68. The number of nitrogens with one attached hydrogen (secondary N) is 2. The van der Waals surface area contributed by atoms with E-state index in [1.807, 2.05) is 34.7 Å². The molecule has 2 unspecified atom stereocenters. The average Bonchev–Trinajstić information content (AvgIpc) is 2.76. The first-order valence-corrected chi connectivity index (χ1v) is 11.6. The molecule has 2 amide bonds. The van der Waals surface area contributed by atoms with Gasteiger partial charge in [-0.3, -0.25) is 9.59 Å². The molecule has 0 aliphatic rings. The van der Waals surface area contributed by atoms with E-state index in [0.717, 1.165) is 44.1 Å². The fourth-order valence-electron chi connectivity index (χ4n) is 2.92. The molecule has 0 saturated carbocycles. The Bertz CT molecular complexity index is 670. The van der Waals surface area contributed by atoms with Crippen molar-refractivity contribution in [3.63, 3.8) is 0 Å². The van der Waals surface area contributed by atoms with Crippen LogP contribution in [-0.2, 0) is 22.4 Å². The number of nitrogens with two attached hydrogens (primary N) is 3. The van der Waals surface area contributed by atoms with Crippen molar-refractivity contribution >= 4 is 34.4 Å². The van der Waals surface area contributed by atoms with Crippen molar-refractivity contribution in [2.75, 3.05) is 26.2 Å². The molecule has 0 aliphatic carbocycles. The van der Waals surface area contributed by atoms with Crippen molar-refractivity contribution < 1.29 is 9.59 Å². The maximum Gasteiger partial charge on any atom is 0.238 e. The summed E-state index contributed by atoms with van der Waals surface area (Å²) in [7, 11) is 0. The Morgan fingerprint density at radius 3 is 1.93 bits per heavy atom. The second-order valence-corrected chi connectivity index (χ2v) is 8.73. The summed E-state index contributed by atoms with van der Waals surface area (Å²) in [5.41, 5.74) is 19.7. The summed E-state index contributed by atoms with van der Waals surface area (Å²) in [5.74, 6) is 2.52. The number of aryl methyl sites for hydroxylation is 2. The standard InChI is InChI=1S/C22H34IN5O2/c1-2-16-11-17(7-3-5-9-27-21(29)19(23)14-24)13-18(12-16)8-4-6-10-28-22(30)20(26)15-25/h1,11-13,19-20H,3-10,14-15,24-26H2,(H,27,29)(H,28,30). The fraction of sp³-hybridized carbons (Fsp3) is 0.545. The molecule has 1 rings (SSSR count). The zero-order valence-corrected chi connectivity index (χ0v) is 19.6. The Kier molecular flexibility index (Phi) is 13.3. The number of carbonyl (C=O) groups excluding carboxylic acids is 2. The van der Waals surface area contributed by atoms with Crippen molar-refractivity contribution in [3.05, 3.63) is 34.9 Å². The van der Waals surface area contributed by atoms with Gasteiger partial charge in [-0.15, -0.1) is 6.42 Å². The van der Waals surface area contributed by atoms with Crippen LogP contribution in [0.25, 0.3) is 0 Å². The number of terminal acetylenes is 1. The molecule has 0 saturated heterocycles. The van der Waals surface area contributed by atoms with Crippen molar-refractivity contribution in [1.29, 1.82) is 0 Å². The highest BCUT2D eigenvalue weighted by Gasteiger charge is 2.11. The van der Waals surface area contributed by atoms with Crippen molar-refractivity contribution in [1.82, 2.24) is 10.6 Å². The highest BCUT2D eigenvalue weighted by atomic mass is 127. The molecule has 166 valence electrons. The Hall–Kier alpha value is -1.67. The SMILES string of the molecule is C#Cc1cc(CCCCNC(=O)C(N)CN)cc(CCCCNC(=O)C(I)CN)c1. The molecular formula is C22H34IN5O2. The fourth-order valence-corrected chi connectivity index (χ4v) is 3.14. The topological polar surface area (TPSA) is 136 Å². The molecule has 0 heterocycles. The summed E-state index contributed by atoms with van der Waals surface area (Å²) < 4.78 is -0.178. The van der Waals surface area contributed by atoms with Crippen LogP contribution in [-0.4, -0.2) is 48.0 Å². The molecule has 8 N–H and O–H groups in total. The van der Waals surface area contributed by atoms with Crippen LogP contribution in [0.5, 0.6) is 0 Å². The Labute approximate surface area is 193 Å². The zero-order valence-electron chi connectivity index (χ0n) is 17.5. The van der Waals surface area contributed by atoms with Gasteiger partial charge in [0, 0.05) is 31.7 Å². The molecule has 0 bridgehead atoms. The van der Waals surface area contributed by atoms with Crippen LogP contribution in [0.1, 0.15) is 42.4 Å². The lowest BCUT2D eigenvalue weighted by Gasteiger charge is -2.11. The number of carbonyl (C=O) groups is 2. The normalized spacial score (nSPS) is 12.6. The van der Waals surface area contributed by atoms with E-state index >= 15 is 0 Å². The van der Waals surface area contributed by atoms with Gasteiger partial charge in [-0.25, -0.2) is 0 Å². The maximum atomic E-state index is 11.7. The molecule has 0 aromatic heterocycles. The lowest BCUT2D eigenvalue weighted by Crippen LogP contribution is -2.45. The molecule has 1 aromatic rings. The molecule has 30 heavy (non-hydrogen) atoms. The first kappa shape index (κ1) is 26.4. The van der Waals surface area contributed by atoms with E-state index in [1.165, 1.54) is 11.1 Å². The number of benzene rings is 1. The Morgan fingerprint density at radius 2 is 1.47 bits per heavy atom. The smallest absolute Gasteiger partial charge is 0.238 e. The summed E-state index contributed by atoms with van der Waals surface area (Å²) in [6.07, 6.45) is 11.1. The van der Waals surface area contributed by atoms with E-state index in [1.54, 1.807) is 0 Å². The number of rotatable bonds is 14. The molecule has 0 spiro atoms. The predicted molar refractivity (Wildman–Crippen MR) is 130 cm³/mol. The number of hydrogen-bond acceptors (Lipinski definition) is 5. The summed E-state index contributed by atoms with van der Waals surface area (Å²) in [6.45, 7) is 1.73. The molecule has 0 fully saturated rings. The van der Waals surface area contributed by atoms with E-state index in [0.29, 0.717) is 19.6 Å². The maximum absolute atomic E-state index is 11.7.